The topological polar surface area (TPSA) is 53.0 Å². The Morgan fingerprint density at radius 2 is 2.11 bits per heavy atom. The summed E-state index contributed by atoms with van der Waals surface area (Å²) in [6.07, 6.45) is 1.02. The Morgan fingerprint density at radius 3 is 2.67 bits per heavy atom. The maximum atomic E-state index is 10.8. The van der Waals surface area contributed by atoms with E-state index in [1.165, 1.54) is 0 Å². The first-order valence-corrected chi connectivity index (χ1v) is 6.70. The van der Waals surface area contributed by atoms with Crippen LogP contribution in [0.1, 0.15) is 26.7 Å². The molecule has 2 heterocycles. The van der Waals surface area contributed by atoms with Crippen LogP contribution in [0.3, 0.4) is 0 Å². The second kappa shape index (κ2) is 5.15. The molecule has 0 radical (unpaired) electrons. The van der Waals surface area contributed by atoms with Gasteiger partial charge in [-0.3, -0.25) is 9.80 Å². The first-order chi connectivity index (χ1) is 8.38. The fourth-order valence-corrected chi connectivity index (χ4v) is 2.81. The van der Waals surface area contributed by atoms with Gasteiger partial charge in [0.05, 0.1) is 6.10 Å². The molecule has 0 aromatic rings. The van der Waals surface area contributed by atoms with Crippen LogP contribution >= 0.6 is 0 Å². The Balaban J connectivity index is 1.83. The lowest BCUT2D eigenvalue weighted by atomic mass is 9.99. The molecule has 1 N–H and O–H groups in total. The second-order valence-corrected chi connectivity index (χ2v) is 6.13. The van der Waals surface area contributed by atoms with E-state index >= 15 is 0 Å². The molecular formula is C13H24N2O3. The quantitative estimate of drug-likeness (QED) is 0.803. The van der Waals surface area contributed by atoms with E-state index in [4.69, 9.17) is 9.84 Å². The van der Waals surface area contributed by atoms with Gasteiger partial charge in [-0.15, -0.1) is 0 Å². The fraction of sp³-hybridized carbons (Fsp3) is 0.923. The monoisotopic (exact) mass is 256 g/mol. The van der Waals surface area contributed by atoms with Crippen molar-refractivity contribution in [3.05, 3.63) is 0 Å². The summed E-state index contributed by atoms with van der Waals surface area (Å²) >= 11 is 0. The predicted molar refractivity (Wildman–Crippen MR) is 68.7 cm³/mol. The largest absolute Gasteiger partial charge is 0.479 e. The number of piperazine rings is 1. The standard InChI is InChI=1S/C13H24N2O3/c1-13(2)9-15(7-6-14(13)3)8-10-4-5-11(18-10)12(16)17/h10-11H,4-9H2,1-3H3,(H,16,17). The van der Waals surface area contributed by atoms with Crippen LogP contribution in [0.25, 0.3) is 0 Å². The SMILES string of the molecule is CN1CCN(CC2CCC(C(=O)O)O2)CC1(C)C. The highest BCUT2D eigenvalue weighted by molar-refractivity contribution is 5.72. The molecular weight excluding hydrogens is 232 g/mol. The van der Waals surface area contributed by atoms with Gasteiger partial charge < -0.3 is 9.84 Å². The molecule has 2 saturated heterocycles. The molecule has 0 saturated carbocycles. The molecule has 104 valence electrons. The normalized spacial score (nSPS) is 33.7. The van der Waals surface area contributed by atoms with Crippen LogP contribution in [-0.4, -0.2) is 71.8 Å². The smallest absolute Gasteiger partial charge is 0.332 e. The Kier molecular flexibility index (Phi) is 3.94. The molecule has 2 fully saturated rings. The predicted octanol–water partition coefficient (Wildman–Crippen LogP) is 0.645. The summed E-state index contributed by atoms with van der Waals surface area (Å²) in [6.45, 7) is 8.46. The molecule has 0 aromatic carbocycles. The van der Waals surface area contributed by atoms with E-state index in [1.54, 1.807) is 0 Å². The van der Waals surface area contributed by atoms with Gasteiger partial charge in [0.25, 0.3) is 0 Å². The molecule has 18 heavy (non-hydrogen) atoms. The van der Waals surface area contributed by atoms with Gasteiger partial charge in [0.1, 0.15) is 0 Å². The lowest BCUT2D eigenvalue weighted by molar-refractivity contribution is -0.150. The molecule has 0 amide bonds. The van der Waals surface area contributed by atoms with Crippen molar-refractivity contribution in [1.82, 2.24) is 9.80 Å². The van der Waals surface area contributed by atoms with Crippen molar-refractivity contribution in [1.29, 1.82) is 0 Å². The van der Waals surface area contributed by atoms with Gasteiger partial charge in [-0.25, -0.2) is 4.79 Å². The number of nitrogens with zero attached hydrogens (tertiary/aromatic N) is 2. The molecule has 2 aliphatic rings. The average Bonchev–Trinajstić information content (AvgIpc) is 2.72. The third-order valence-electron chi connectivity index (χ3n) is 4.24. The summed E-state index contributed by atoms with van der Waals surface area (Å²) in [5.74, 6) is -0.823. The van der Waals surface area contributed by atoms with E-state index < -0.39 is 12.1 Å². The van der Waals surface area contributed by atoms with Crippen molar-refractivity contribution < 1.29 is 14.6 Å². The number of carboxylic acids is 1. The zero-order valence-electron chi connectivity index (χ0n) is 11.6. The zero-order chi connectivity index (χ0) is 13.3. The Labute approximate surface area is 109 Å². The van der Waals surface area contributed by atoms with Gasteiger partial charge in [0, 0.05) is 31.7 Å². The average molecular weight is 256 g/mol. The van der Waals surface area contributed by atoms with Gasteiger partial charge in [0.2, 0.25) is 0 Å². The molecule has 0 spiro atoms. The minimum absolute atomic E-state index is 0.0882. The van der Waals surface area contributed by atoms with Crippen LogP contribution in [0, 0.1) is 0 Å². The van der Waals surface area contributed by atoms with E-state index in [0.29, 0.717) is 6.42 Å². The lowest BCUT2D eigenvalue weighted by Crippen LogP contribution is -2.58. The highest BCUT2D eigenvalue weighted by atomic mass is 16.5. The number of carbonyl (C=O) groups is 1. The van der Waals surface area contributed by atoms with Gasteiger partial charge >= 0.3 is 5.97 Å². The third-order valence-corrected chi connectivity index (χ3v) is 4.24. The van der Waals surface area contributed by atoms with Gasteiger partial charge in [-0.05, 0) is 33.7 Å². The highest BCUT2D eigenvalue weighted by Crippen LogP contribution is 2.24. The molecule has 2 unspecified atom stereocenters. The highest BCUT2D eigenvalue weighted by Gasteiger charge is 2.35. The summed E-state index contributed by atoms with van der Waals surface area (Å²) in [5, 5.41) is 8.91. The van der Waals surface area contributed by atoms with Crippen molar-refractivity contribution in [3.8, 4) is 0 Å². The summed E-state index contributed by atoms with van der Waals surface area (Å²) in [5.41, 5.74) is 0.184. The summed E-state index contributed by atoms with van der Waals surface area (Å²) < 4.78 is 5.57. The van der Waals surface area contributed by atoms with E-state index in [-0.39, 0.29) is 11.6 Å². The van der Waals surface area contributed by atoms with Crippen LogP contribution in [0.4, 0.5) is 0 Å². The molecule has 2 aliphatic heterocycles. The van der Waals surface area contributed by atoms with Crippen molar-refractivity contribution >= 4 is 5.97 Å². The molecule has 2 rings (SSSR count). The molecule has 0 bridgehead atoms. The molecule has 0 aliphatic carbocycles. The number of hydrogen-bond donors (Lipinski definition) is 1. The van der Waals surface area contributed by atoms with E-state index in [1.807, 2.05) is 0 Å². The van der Waals surface area contributed by atoms with Crippen molar-refractivity contribution in [2.45, 2.75) is 44.4 Å². The van der Waals surface area contributed by atoms with Crippen LogP contribution in [0.5, 0.6) is 0 Å². The van der Waals surface area contributed by atoms with Gasteiger partial charge in [-0.2, -0.15) is 0 Å². The summed E-state index contributed by atoms with van der Waals surface area (Å²) in [7, 11) is 2.16. The first kappa shape index (κ1) is 13.8. The van der Waals surface area contributed by atoms with Crippen LogP contribution in [-0.2, 0) is 9.53 Å². The Hall–Kier alpha value is -0.650. The van der Waals surface area contributed by atoms with Crippen molar-refractivity contribution in [2.24, 2.45) is 0 Å². The number of aliphatic carboxylic acids is 1. The fourth-order valence-electron chi connectivity index (χ4n) is 2.81. The second-order valence-electron chi connectivity index (χ2n) is 6.13. The van der Waals surface area contributed by atoms with Gasteiger partial charge in [-0.1, -0.05) is 0 Å². The maximum Gasteiger partial charge on any atom is 0.332 e. The number of carboxylic acid groups (broad SMARTS) is 1. The molecule has 2 atom stereocenters. The van der Waals surface area contributed by atoms with Crippen LogP contribution in [0.2, 0.25) is 0 Å². The Bertz CT molecular complexity index is 319. The summed E-state index contributed by atoms with van der Waals surface area (Å²) in [6, 6.07) is 0. The van der Waals surface area contributed by atoms with E-state index in [0.717, 1.165) is 32.6 Å². The zero-order valence-corrected chi connectivity index (χ0v) is 11.6. The lowest BCUT2D eigenvalue weighted by Gasteiger charge is -2.45. The molecule has 5 heteroatoms. The summed E-state index contributed by atoms with van der Waals surface area (Å²) in [4.78, 5) is 15.6. The minimum atomic E-state index is -0.823. The number of ether oxygens (including phenoxy) is 1. The van der Waals surface area contributed by atoms with E-state index in [2.05, 4.69) is 30.7 Å². The van der Waals surface area contributed by atoms with Crippen LogP contribution < -0.4 is 0 Å². The number of hydrogen-bond acceptors (Lipinski definition) is 4. The molecule has 0 aromatic heterocycles. The van der Waals surface area contributed by atoms with Crippen molar-refractivity contribution in [2.75, 3.05) is 33.2 Å². The Morgan fingerprint density at radius 1 is 1.39 bits per heavy atom. The minimum Gasteiger partial charge on any atom is -0.479 e. The van der Waals surface area contributed by atoms with Crippen molar-refractivity contribution in [3.63, 3.8) is 0 Å². The first-order valence-electron chi connectivity index (χ1n) is 6.70. The number of likely N-dealkylation sites (N-methyl/N-ethyl adjacent to an activating group) is 1. The molecule has 5 nitrogen and oxygen atoms in total. The maximum absolute atomic E-state index is 10.8. The van der Waals surface area contributed by atoms with Gasteiger partial charge in [0.15, 0.2) is 6.10 Å². The third kappa shape index (κ3) is 3.02. The van der Waals surface area contributed by atoms with E-state index in [9.17, 15) is 4.79 Å². The van der Waals surface area contributed by atoms with Crippen LogP contribution in [0.15, 0.2) is 0 Å². The number of rotatable bonds is 3.